The summed E-state index contributed by atoms with van der Waals surface area (Å²) in [7, 11) is 0. The van der Waals surface area contributed by atoms with Crippen molar-refractivity contribution in [2.75, 3.05) is 12.3 Å². The summed E-state index contributed by atoms with van der Waals surface area (Å²) in [4.78, 5) is 0. The first-order valence-corrected chi connectivity index (χ1v) is 4.89. The second-order valence-corrected chi connectivity index (χ2v) is 3.91. The normalized spacial score (nSPS) is 23.3. The molecule has 0 amide bonds. The maximum absolute atomic E-state index is 6.96. The molecule has 0 aromatic rings. The molecule has 0 bridgehead atoms. The monoisotopic (exact) mass is 220 g/mol. The zero-order chi connectivity index (χ0) is 7.40. The summed E-state index contributed by atoms with van der Waals surface area (Å²) in [6.45, 7) is 1.03. The predicted octanol–water partition coefficient (Wildman–Crippen LogP) is 1.93. The fourth-order valence-corrected chi connectivity index (χ4v) is 2.10. The van der Waals surface area contributed by atoms with Crippen LogP contribution in [0.1, 0.15) is 6.42 Å². The highest BCUT2D eigenvalue weighted by atomic mass is 79.9. The van der Waals surface area contributed by atoms with Gasteiger partial charge in [-0.3, -0.25) is 0 Å². The van der Waals surface area contributed by atoms with Crippen LogP contribution in [0.2, 0.25) is 0 Å². The van der Waals surface area contributed by atoms with Gasteiger partial charge in [0.05, 0.1) is 9.51 Å². The summed E-state index contributed by atoms with van der Waals surface area (Å²) in [5, 5.41) is 11.3. The van der Waals surface area contributed by atoms with Crippen LogP contribution in [0.4, 0.5) is 0 Å². The average molecular weight is 221 g/mol. The third-order valence-corrected chi connectivity index (χ3v) is 3.23. The van der Waals surface area contributed by atoms with E-state index in [0.29, 0.717) is 0 Å². The molecule has 0 radical (unpaired) electrons. The molecule has 0 aromatic heterocycles. The molecular weight excluding hydrogens is 212 g/mol. The zero-order valence-corrected chi connectivity index (χ0v) is 7.89. The summed E-state index contributed by atoms with van der Waals surface area (Å²) >= 11 is 5.06. The van der Waals surface area contributed by atoms with E-state index in [1.54, 1.807) is 11.8 Å². The Morgan fingerprint density at radius 1 is 1.80 bits per heavy atom. The minimum Gasteiger partial charge on any atom is -0.379 e. The summed E-state index contributed by atoms with van der Waals surface area (Å²) in [5.41, 5.74) is 0. The van der Waals surface area contributed by atoms with Gasteiger partial charge < -0.3 is 10.7 Å². The standard InChI is InChI=1S/C6H9BrN2S/c7-5(4-8)6-9-2-1-3-10-6/h4,8-9H,1-3H2/b6-5-,8-4?. The van der Waals surface area contributed by atoms with Gasteiger partial charge in [0.15, 0.2) is 0 Å². The van der Waals surface area contributed by atoms with Crippen molar-refractivity contribution in [3.05, 3.63) is 9.51 Å². The van der Waals surface area contributed by atoms with E-state index >= 15 is 0 Å². The third kappa shape index (κ3) is 2.02. The molecule has 0 aliphatic carbocycles. The number of rotatable bonds is 1. The first-order chi connectivity index (χ1) is 4.84. The van der Waals surface area contributed by atoms with Crippen molar-refractivity contribution in [2.24, 2.45) is 0 Å². The number of thioether (sulfide) groups is 1. The summed E-state index contributed by atoms with van der Waals surface area (Å²) in [6.07, 6.45) is 2.53. The van der Waals surface area contributed by atoms with Crippen molar-refractivity contribution in [1.29, 1.82) is 5.41 Å². The van der Waals surface area contributed by atoms with Gasteiger partial charge in [0.2, 0.25) is 0 Å². The molecule has 4 heteroatoms. The Morgan fingerprint density at radius 2 is 2.60 bits per heavy atom. The Kier molecular flexibility index (Phi) is 3.28. The molecule has 2 N–H and O–H groups in total. The molecule has 1 saturated heterocycles. The van der Waals surface area contributed by atoms with Crippen LogP contribution in [0.25, 0.3) is 0 Å². The molecule has 10 heavy (non-hydrogen) atoms. The van der Waals surface area contributed by atoms with Crippen molar-refractivity contribution in [3.8, 4) is 0 Å². The number of hydrogen-bond acceptors (Lipinski definition) is 3. The van der Waals surface area contributed by atoms with Crippen LogP contribution in [0.3, 0.4) is 0 Å². The first-order valence-electron chi connectivity index (χ1n) is 3.11. The molecular formula is C6H9BrN2S. The van der Waals surface area contributed by atoms with Gasteiger partial charge in [-0.2, -0.15) is 0 Å². The zero-order valence-electron chi connectivity index (χ0n) is 5.48. The minimum atomic E-state index is 0.859. The Labute approximate surface area is 73.1 Å². The van der Waals surface area contributed by atoms with Crippen molar-refractivity contribution < 1.29 is 0 Å². The van der Waals surface area contributed by atoms with Gasteiger partial charge in [-0.25, -0.2) is 0 Å². The van der Waals surface area contributed by atoms with Gasteiger partial charge in [0.25, 0.3) is 0 Å². The lowest BCUT2D eigenvalue weighted by Crippen LogP contribution is -2.19. The predicted molar refractivity (Wildman–Crippen MR) is 49.8 cm³/mol. The largest absolute Gasteiger partial charge is 0.379 e. The number of allylic oxidation sites excluding steroid dienone is 1. The van der Waals surface area contributed by atoms with E-state index in [9.17, 15) is 0 Å². The lowest BCUT2D eigenvalue weighted by molar-refractivity contribution is 0.789. The van der Waals surface area contributed by atoms with Crippen LogP contribution in [-0.2, 0) is 0 Å². The molecule has 0 saturated carbocycles. The topological polar surface area (TPSA) is 35.9 Å². The van der Waals surface area contributed by atoms with Crippen LogP contribution in [0.5, 0.6) is 0 Å². The van der Waals surface area contributed by atoms with Crippen LogP contribution in [0, 0.1) is 5.41 Å². The fraction of sp³-hybridized carbons (Fsp3) is 0.500. The van der Waals surface area contributed by atoms with E-state index < -0.39 is 0 Å². The molecule has 1 heterocycles. The molecule has 2 nitrogen and oxygen atoms in total. The molecule has 0 spiro atoms. The van der Waals surface area contributed by atoms with Gasteiger partial charge in [-0.15, -0.1) is 11.8 Å². The van der Waals surface area contributed by atoms with Crippen molar-refractivity contribution in [2.45, 2.75) is 6.42 Å². The molecule has 1 rings (SSSR count). The molecule has 56 valence electrons. The first kappa shape index (κ1) is 8.14. The Hall–Kier alpha value is 0.0400. The summed E-state index contributed by atoms with van der Waals surface area (Å²) < 4.78 is 0.859. The van der Waals surface area contributed by atoms with Crippen LogP contribution in [0.15, 0.2) is 9.51 Å². The van der Waals surface area contributed by atoms with Crippen molar-refractivity contribution in [3.63, 3.8) is 0 Å². The average Bonchev–Trinajstić information content (AvgIpc) is 2.05. The van der Waals surface area contributed by atoms with E-state index in [2.05, 4.69) is 21.2 Å². The highest BCUT2D eigenvalue weighted by Gasteiger charge is 2.06. The Morgan fingerprint density at radius 3 is 3.10 bits per heavy atom. The van der Waals surface area contributed by atoms with E-state index in [1.165, 1.54) is 12.6 Å². The quantitative estimate of drug-likeness (QED) is 0.663. The van der Waals surface area contributed by atoms with E-state index in [0.717, 1.165) is 21.8 Å². The van der Waals surface area contributed by atoms with Gasteiger partial charge in [0, 0.05) is 18.5 Å². The van der Waals surface area contributed by atoms with Crippen LogP contribution in [-0.4, -0.2) is 18.5 Å². The molecule has 0 unspecified atom stereocenters. The maximum Gasteiger partial charge on any atom is 0.0841 e. The second kappa shape index (κ2) is 4.03. The minimum absolute atomic E-state index is 0.859. The smallest absolute Gasteiger partial charge is 0.0841 e. The van der Waals surface area contributed by atoms with E-state index in [1.807, 2.05) is 0 Å². The van der Waals surface area contributed by atoms with Crippen molar-refractivity contribution >= 4 is 33.9 Å². The lowest BCUT2D eigenvalue weighted by Gasteiger charge is -2.16. The van der Waals surface area contributed by atoms with Crippen molar-refractivity contribution in [1.82, 2.24) is 5.32 Å². The van der Waals surface area contributed by atoms with Gasteiger partial charge >= 0.3 is 0 Å². The summed E-state index contributed by atoms with van der Waals surface area (Å²) in [6, 6.07) is 0. The third-order valence-electron chi connectivity index (χ3n) is 1.20. The highest BCUT2D eigenvalue weighted by Crippen LogP contribution is 2.23. The summed E-state index contributed by atoms with van der Waals surface area (Å²) in [5.74, 6) is 1.16. The second-order valence-electron chi connectivity index (χ2n) is 1.95. The van der Waals surface area contributed by atoms with Crippen LogP contribution < -0.4 is 5.32 Å². The molecule has 0 aromatic carbocycles. The van der Waals surface area contributed by atoms with E-state index in [-0.39, 0.29) is 0 Å². The molecule has 1 aliphatic rings. The number of hydrogen-bond donors (Lipinski definition) is 2. The highest BCUT2D eigenvalue weighted by molar-refractivity contribution is 9.12. The van der Waals surface area contributed by atoms with Gasteiger partial charge in [-0.05, 0) is 22.4 Å². The Bertz CT molecular complexity index is 159. The maximum atomic E-state index is 6.96. The van der Waals surface area contributed by atoms with E-state index in [4.69, 9.17) is 5.41 Å². The SMILES string of the molecule is N=C/C(Br)=C1\NCCCS1. The lowest BCUT2D eigenvalue weighted by atomic mass is 10.5. The Balaban J connectivity index is 2.59. The molecule has 1 aliphatic heterocycles. The fourth-order valence-electron chi connectivity index (χ4n) is 0.718. The number of halogens is 1. The molecule has 0 atom stereocenters. The van der Waals surface area contributed by atoms with Gasteiger partial charge in [-0.1, -0.05) is 0 Å². The number of nitrogens with one attached hydrogen (secondary N) is 2. The van der Waals surface area contributed by atoms with Gasteiger partial charge in [0.1, 0.15) is 0 Å². The molecule has 1 fully saturated rings. The van der Waals surface area contributed by atoms with Crippen LogP contribution >= 0.6 is 27.7 Å².